The molecule has 0 fully saturated rings. The Morgan fingerprint density at radius 2 is 1.69 bits per heavy atom. The van der Waals surface area contributed by atoms with Crippen molar-refractivity contribution in [1.29, 1.82) is 0 Å². The van der Waals surface area contributed by atoms with E-state index in [0.29, 0.717) is 29.1 Å². The van der Waals surface area contributed by atoms with Gasteiger partial charge in [-0.05, 0) is 65.9 Å². The van der Waals surface area contributed by atoms with Crippen molar-refractivity contribution in [3.8, 4) is 22.6 Å². The van der Waals surface area contributed by atoms with E-state index < -0.39 is 11.6 Å². The summed E-state index contributed by atoms with van der Waals surface area (Å²) < 4.78 is 36.4. The molecule has 1 heterocycles. The van der Waals surface area contributed by atoms with Crippen molar-refractivity contribution >= 4 is 22.7 Å². The van der Waals surface area contributed by atoms with Crippen LogP contribution in [0.2, 0.25) is 0 Å². The Hall–Kier alpha value is -3.90. The molecule has 3 nitrogen and oxygen atoms in total. The maximum Gasteiger partial charge on any atom is 0.255 e. The normalized spacial score (nSPS) is 11.1. The van der Waals surface area contributed by atoms with E-state index in [9.17, 15) is 9.18 Å². The number of halogens is 2. The molecule has 0 saturated heterocycles. The summed E-state index contributed by atoms with van der Waals surface area (Å²) in [4.78, 5) is 14.1. The lowest BCUT2D eigenvalue weighted by atomic mass is 10.0. The van der Waals surface area contributed by atoms with Crippen LogP contribution in [0.5, 0.6) is 5.75 Å². The summed E-state index contributed by atoms with van der Waals surface area (Å²) in [6.07, 6.45) is 0. The number of hydrogen-bond donors (Lipinski definition) is 0. The minimum absolute atomic E-state index is 0.203. The van der Waals surface area contributed by atoms with Crippen LogP contribution in [0.4, 0.5) is 8.78 Å². The Labute approximate surface area is 212 Å². The molecule has 0 aliphatic carbocycles. The lowest BCUT2D eigenvalue weighted by Crippen LogP contribution is -2.18. The molecule has 0 aliphatic heterocycles. The quantitative estimate of drug-likeness (QED) is 0.216. The van der Waals surface area contributed by atoms with Gasteiger partial charge in [-0.3, -0.25) is 9.36 Å². The van der Waals surface area contributed by atoms with Gasteiger partial charge in [0.25, 0.3) is 5.56 Å². The number of hydrogen-bond acceptors (Lipinski definition) is 3. The second-order valence-corrected chi connectivity index (χ2v) is 9.29. The van der Waals surface area contributed by atoms with Crippen molar-refractivity contribution in [1.82, 2.24) is 4.57 Å². The Morgan fingerprint density at radius 1 is 0.861 bits per heavy atom. The first kappa shape index (κ1) is 23.8. The van der Waals surface area contributed by atoms with Gasteiger partial charge in [0.1, 0.15) is 17.4 Å². The van der Waals surface area contributed by atoms with Crippen LogP contribution in [0, 0.1) is 11.6 Å². The van der Waals surface area contributed by atoms with Gasteiger partial charge < -0.3 is 4.74 Å². The van der Waals surface area contributed by atoms with Gasteiger partial charge in [0.05, 0.1) is 17.8 Å². The van der Waals surface area contributed by atoms with Crippen LogP contribution in [0.3, 0.4) is 0 Å². The Balaban J connectivity index is 1.59. The lowest BCUT2D eigenvalue weighted by Gasteiger charge is -2.17. The molecule has 5 aromatic rings. The monoisotopic (exact) mass is 499 g/mol. The van der Waals surface area contributed by atoms with Crippen molar-refractivity contribution in [2.24, 2.45) is 0 Å². The van der Waals surface area contributed by atoms with E-state index in [1.54, 1.807) is 23.9 Å². The van der Waals surface area contributed by atoms with E-state index in [4.69, 9.17) is 4.74 Å². The largest absolute Gasteiger partial charge is 0.492 e. The highest BCUT2D eigenvalue weighted by Gasteiger charge is 2.17. The van der Waals surface area contributed by atoms with Crippen molar-refractivity contribution in [3.05, 3.63) is 125 Å². The molecule has 0 N–H and O–H groups in total. The summed E-state index contributed by atoms with van der Waals surface area (Å²) in [5.41, 5.74) is 2.47. The van der Waals surface area contributed by atoms with E-state index in [2.05, 4.69) is 12.1 Å². The third kappa shape index (κ3) is 4.90. The van der Waals surface area contributed by atoms with E-state index in [1.165, 1.54) is 46.5 Å². The van der Waals surface area contributed by atoms with Crippen molar-refractivity contribution in [2.75, 3.05) is 6.61 Å². The van der Waals surface area contributed by atoms with Crippen LogP contribution < -0.4 is 10.3 Å². The predicted molar refractivity (Wildman–Crippen MR) is 142 cm³/mol. The van der Waals surface area contributed by atoms with Gasteiger partial charge in [0.2, 0.25) is 0 Å². The summed E-state index contributed by atoms with van der Waals surface area (Å²) >= 11 is 1.71. The molecule has 0 atom stereocenters. The maximum atomic E-state index is 15.3. The summed E-state index contributed by atoms with van der Waals surface area (Å²) in [7, 11) is 0. The number of thioether (sulfide) groups is 1. The third-order valence-electron chi connectivity index (χ3n) is 5.84. The molecule has 4 aromatic carbocycles. The predicted octanol–water partition coefficient (Wildman–Crippen LogP) is 7.63. The SMILES string of the molecule is CCOc1cc(-c2cccc(F)c2)c(F)cc1-n1c(=O)ccc2cc(SCc3ccccc3)ccc21. The fourth-order valence-electron chi connectivity index (χ4n) is 4.17. The topological polar surface area (TPSA) is 31.2 Å². The first-order valence-electron chi connectivity index (χ1n) is 11.6. The fraction of sp³-hybridized carbons (Fsp3) is 0.100. The lowest BCUT2D eigenvalue weighted by molar-refractivity contribution is 0.338. The van der Waals surface area contributed by atoms with Gasteiger partial charge in [0.15, 0.2) is 0 Å². The van der Waals surface area contributed by atoms with Gasteiger partial charge in [-0.1, -0.05) is 42.5 Å². The molecule has 0 unspecified atom stereocenters. The number of rotatable bonds is 7. The molecule has 0 saturated carbocycles. The smallest absolute Gasteiger partial charge is 0.255 e. The van der Waals surface area contributed by atoms with Gasteiger partial charge >= 0.3 is 0 Å². The average molecular weight is 500 g/mol. The minimum Gasteiger partial charge on any atom is -0.492 e. The minimum atomic E-state index is -0.571. The summed E-state index contributed by atoms with van der Waals surface area (Å²) in [5, 5.41) is 0.852. The van der Waals surface area contributed by atoms with Gasteiger partial charge in [-0.25, -0.2) is 8.78 Å². The highest BCUT2D eigenvalue weighted by atomic mass is 32.2. The zero-order chi connectivity index (χ0) is 25.1. The molecule has 1 aromatic heterocycles. The number of aromatic nitrogens is 1. The molecule has 0 bridgehead atoms. The second-order valence-electron chi connectivity index (χ2n) is 8.25. The van der Waals surface area contributed by atoms with Gasteiger partial charge in [-0.15, -0.1) is 11.8 Å². The van der Waals surface area contributed by atoms with E-state index >= 15 is 4.39 Å². The van der Waals surface area contributed by atoms with E-state index in [0.717, 1.165) is 16.0 Å². The fourth-order valence-corrected chi connectivity index (χ4v) is 5.07. The van der Waals surface area contributed by atoms with Crippen molar-refractivity contribution in [3.63, 3.8) is 0 Å². The zero-order valence-electron chi connectivity index (χ0n) is 19.6. The summed E-state index contributed by atoms with van der Waals surface area (Å²) in [6.45, 7) is 2.14. The average Bonchev–Trinajstić information content (AvgIpc) is 2.89. The molecule has 36 heavy (non-hydrogen) atoms. The van der Waals surface area contributed by atoms with E-state index in [-0.39, 0.29) is 11.1 Å². The highest BCUT2D eigenvalue weighted by molar-refractivity contribution is 7.98. The van der Waals surface area contributed by atoms with Crippen LogP contribution in [0.25, 0.3) is 27.7 Å². The maximum absolute atomic E-state index is 15.3. The molecule has 0 spiro atoms. The number of pyridine rings is 1. The second kappa shape index (κ2) is 10.4. The molecule has 6 heteroatoms. The van der Waals surface area contributed by atoms with Gasteiger partial charge in [0, 0.05) is 28.3 Å². The first-order chi connectivity index (χ1) is 17.5. The van der Waals surface area contributed by atoms with E-state index in [1.807, 2.05) is 43.3 Å². The summed E-state index contributed by atoms with van der Waals surface area (Å²) in [6, 6.07) is 27.9. The molecule has 0 radical (unpaired) electrons. The number of ether oxygens (including phenoxy) is 1. The molecule has 0 aliphatic rings. The number of nitrogens with zero attached hydrogens (tertiary/aromatic N) is 1. The Kier molecular flexibility index (Phi) is 6.87. The van der Waals surface area contributed by atoms with Crippen molar-refractivity contribution in [2.45, 2.75) is 17.6 Å². The number of benzene rings is 4. The molecule has 5 rings (SSSR count). The van der Waals surface area contributed by atoms with Crippen LogP contribution in [0.15, 0.2) is 107 Å². The third-order valence-corrected chi connectivity index (χ3v) is 6.90. The van der Waals surface area contributed by atoms with Crippen LogP contribution in [-0.4, -0.2) is 11.2 Å². The standard InChI is InChI=1S/C30H23F2NO2S/c1-2-35-29-17-25(21-9-6-10-23(31)15-21)26(32)18-28(29)33-27-13-12-24(16-22(27)11-14-30(33)34)36-19-20-7-4-3-5-8-20/h3-18H,2,19H2,1H3. The molecule has 180 valence electrons. The zero-order valence-corrected chi connectivity index (χ0v) is 20.4. The van der Waals surface area contributed by atoms with Crippen LogP contribution >= 0.6 is 11.8 Å². The molecule has 0 amide bonds. The van der Waals surface area contributed by atoms with Crippen LogP contribution in [-0.2, 0) is 5.75 Å². The Morgan fingerprint density at radius 3 is 2.47 bits per heavy atom. The molecular formula is C30H23F2NO2S. The summed E-state index contributed by atoms with van der Waals surface area (Å²) in [5.74, 6) is 0.140. The van der Waals surface area contributed by atoms with Gasteiger partial charge in [-0.2, -0.15) is 0 Å². The Bertz CT molecular complexity index is 1600. The first-order valence-corrected chi connectivity index (χ1v) is 12.6. The van der Waals surface area contributed by atoms with Crippen molar-refractivity contribution < 1.29 is 13.5 Å². The number of fused-ring (bicyclic) bond motifs is 1. The van der Waals surface area contributed by atoms with Crippen LogP contribution in [0.1, 0.15) is 12.5 Å². The highest BCUT2D eigenvalue weighted by Crippen LogP contribution is 2.34. The molecular weight excluding hydrogens is 476 g/mol.